The summed E-state index contributed by atoms with van der Waals surface area (Å²) in [5, 5.41) is 2.75. The van der Waals surface area contributed by atoms with Crippen LogP contribution in [0, 0.1) is 0 Å². The highest BCUT2D eigenvalue weighted by atomic mass is 32.2. The van der Waals surface area contributed by atoms with Crippen LogP contribution in [0.5, 0.6) is 0 Å². The maximum atomic E-state index is 12.5. The highest BCUT2D eigenvalue weighted by Crippen LogP contribution is 2.54. The first-order chi connectivity index (χ1) is 9.32. The highest BCUT2D eigenvalue weighted by molar-refractivity contribution is 7.86. The lowest BCUT2D eigenvalue weighted by Crippen LogP contribution is -2.64. The van der Waals surface area contributed by atoms with Crippen molar-refractivity contribution < 1.29 is 56.9 Å². The molecule has 0 spiro atoms. The van der Waals surface area contributed by atoms with Crippen LogP contribution >= 0.6 is 0 Å². The maximum absolute atomic E-state index is 12.5. The lowest BCUT2D eigenvalue weighted by atomic mass is 10.1. The van der Waals surface area contributed by atoms with Crippen molar-refractivity contribution in [3.05, 3.63) is 0 Å². The minimum Gasteiger partial charge on any atom is -0.323 e. The molecule has 0 saturated heterocycles. The van der Waals surface area contributed by atoms with Gasteiger partial charge in [0.2, 0.25) is 0 Å². The number of halogens is 10. The summed E-state index contributed by atoms with van der Waals surface area (Å²) >= 11 is 0. The minimum atomic E-state index is -7.45. The minimum absolute atomic E-state index is 1.88. The van der Waals surface area contributed by atoms with Gasteiger partial charge in [-0.05, 0) is 14.1 Å². The molecule has 0 aromatic rings. The van der Waals surface area contributed by atoms with Crippen LogP contribution in [-0.2, 0) is 10.1 Å². The van der Waals surface area contributed by atoms with Crippen molar-refractivity contribution in [1.82, 2.24) is 5.32 Å². The van der Waals surface area contributed by atoms with Crippen LogP contribution in [-0.4, -0.2) is 56.5 Å². The molecule has 0 radical (unpaired) electrons. The fraction of sp³-hybridized carbons (Fsp3) is 1.00. The lowest BCUT2D eigenvalue weighted by molar-refractivity contribution is -0.399. The number of rotatable bonds is 4. The Kier molecular flexibility index (Phi) is 7.18. The van der Waals surface area contributed by atoms with Crippen molar-refractivity contribution in [2.45, 2.75) is 29.4 Å². The molecule has 0 heterocycles. The third-order valence-corrected chi connectivity index (χ3v) is 2.53. The Balaban J connectivity index is 0. The van der Waals surface area contributed by atoms with Gasteiger partial charge in [-0.2, -0.15) is 47.9 Å². The van der Waals surface area contributed by atoms with E-state index >= 15 is 0 Å². The monoisotopic (exact) mass is 377 g/mol. The van der Waals surface area contributed by atoms with Gasteiger partial charge in [-0.15, -0.1) is 0 Å². The summed E-state index contributed by atoms with van der Waals surface area (Å²) < 4.78 is 148. The molecule has 0 aliphatic rings. The van der Waals surface area contributed by atoms with Gasteiger partial charge < -0.3 is 5.32 Å². The molecule has 0 bridgehead atoms. The zero-order valence-corrected chi connectivity index (χ0v) is 11.3. The van der Waals surface area contributed by atoms with Crippen molar-refractivity contribution in [3.8, 4) is 0 Å². The Hall–Kier alpha value is -0.830. The van der Waals surface area contributed by atoms with Crippen molar-refractivity contribution in [2.24, 2.45) is 0 Å². The van der Waals surface area contributed by atoms with Crippen LogP contribution in [0.15, 0.2) is 0 Å². The summed E-state index contributed by atoms with van der Waals surface area (Å²) in [6.45, 7) is 0. The van der Waals surface area contributed by atoms with Gasteiger partial charge in [0.1, 0.15) is 0 Å². The molecule has 4 nitrogen and oxygen atoms in total. The molecule has 15 heteroatoms. The van der Waals surface area contributed by atoms with Gasteiger partial charge in [0.25, 0.3) is 5.50 Å². The smallest absolute Gasteiger partial charge is 0.323 e. The van der Waals surface area contributed by atoms with Crippen LogP contribution in [0.2, 0.25) is 0 Å². The summed E-state index contributed by atoms with van der Waals surface area (Å²) in [5.74, 6) is -21.9. The molecule has 0 amide bonds. The number of hydrogen-bond donors (Lipinski definition) is 2. The van der Waals surface area contributed by atoms with Gasteiger partial charge in [0.05, 0.1) is 0 Å². The first-order valence-electron chi connectivity index (χ1n) is 4.71. The van der Waals surface area contributed by atoms with Gasteiger partial charge in [-0.25, -0.2) is 4.39 Å². The van der Waals surface area contributed by atoms with Gasteiger partial charge in [-0.3, -0.25) is 4.55 Å². The molecule has 22 heavy (non-hydrogen) atoms. The highest BCUT2D eigenvalue weighted by Gasteiger charge is 2.84. The van der Waals surface area contributed by atoms with E-state index in [1.54, 1.807) is 0 Å². The Labute approximate surface area is 117 Å². The molecule has 0 aromatic carbocycles. The zero-order chi connectivity index (χ0) is 18.8. The van der Waals surface area contributed by atoms with Crippen molar-refractivity contribution in [3.63, 3.8) is 0 Å². The summed E-state index contributed by atoms with van der Waals surface area (Å²) in [7, 11) is -2.90. The molecule has 1 atom stereocenters. The van der Waals surface area contributed by atoms with E-state index in [1.807, 2.05) is 14.1 Å². The van der Waals surface area contributed by atoms with Crippen LogP contribution in [0.1, 0.15) is 0 Å². The molecule has 0 fully saturated rings. The second-order valence-corrected chi connectivity index (χ2v) is 5.04. The molecule has 0 aliphatic heterocycles. The predicted octanol–water partition coefficient (Wildman–Crippen LogP) is 2.47. The summed E-state index contributed by atoms with van der Waals surface area (Å²) in [4.78, 5) is 0. The van der Waals surface area contributed by atoms with E-state index in [9.17, 15) is 52.3 Å². The number of alkyl halides is 10. The SMILES string of the molecule is CNC.O=S(=O)(O)C(F)C(F)(F)C(F)(F)C(F)(F)C(F)(F)F. The normalized spacial score (nSPS) is 15.9. The topological polar surface area (TPSA) is 66.4 Å². The van der Waals surface area contributed by atoms with Gasteiger partial charge in [-0.1, -0.05) is 0 Å². The van der Waals surface area contributed by atoms with Crippen LogP contribution in [0.4, 0.5) is 43.9 Å². The Morgan fingerprint density at radius 1 is 0.864 bits per heavy atom. The molecule has 136 valence electrons. The first kappa shape index (κ1) is 23.4. The Bertz CT molecular complexity index is 460. The van der Waals surface area contributed by atoms with E-state index in [1.165, 1.54) is 0 Å². The maximum Gasteiger partial charge on any atom is 0.460 e. The zero-order valence-electron chi connectivity index (χ0n) is 10.5. The van der Waals surface area contributed by atoms with E-state index < -0.39 is 39.6 Å². The van der Waals surface area contributed by atoms with Crippen LogP contribution in [0.25, 0.3) is 0 Å². The first-order valence-corrected chi connectivity index (χ1v) is 6.21. The van der Waals surface area contributed by atoms with Crippen LogP contribution < -0.4 is 5.32 Å². The predicted molar refractivity (Wildman–Crippen MR) is 52.3 cm³/mol. The quantitative estimate of drug-likeness (QED) is 0.584. The Morgan fingerprint density at radius 3 is 1.32 bits per heavy atom. The molecule has 0 saturated carbocycles. The van der Waals surface area contributed by atoms with E-state index in [0.29, 0.717) is 0 Å². The molecule has 0 rings (SSSR count). The van der Waals surface area contributed by atoms with Crippen molar-refractivity contribution in [2.75, 3.05) is 14.1 Å². The standard InChI is InChI=1S/C5H2F10O3S.C2H7N/c6-1(19(16,17)18)2(7,8)3(9,10)4(11,12)5(13,14)15;1-3-2/h1H,(H,16,17,18);3H,1-2H3. The van der Waals surface area contributed by atoms with E-state index in [4.69, 9.17) is 4.55 Å². The van der Waals surface area contributed by atoms with Gasteiger partial charge in [0.15, 0.2) is 0 Å². The molecular weight excluding hydrogens is 368 g/mol. The molecule has 0 aromatic heterocycles. The third kappa shape index (κ3) is 4.34. The van der Waals surface area contributed by atoms with Gasteiger partial charge in [0, 0.05) is 0 Å². The Morgan fingerprint density at radius 2 is 1.14 bits per heavy atom. The largest absolute Gasteiger partial charge is 0.460 e. The molecular formula is C7H9F10NO3S. The van der Waals surface area contributed by atoms with E-state index in [0.717, 1.165) is 0 Å². The number of nitrogens with one attached hydrogen (secondary N) is 1. The second kappa shape index (κ2) is 6.74. The summed E-state index contributed by atoms with van der Waals surface area (Å²) in [5.41, 5.74) is -5.37. The average molecular weight is 377 g/mol. The summed E-state index contributed by atoms with van der Waals surface area (Å²) in [6, 6.07) is 0. The third-order valence-electron chi connectivity index (χ3n) is 1.72. The molecule has 0 aliphatic carbocycles. The average Bonchev–Trinajstić information content (AvgIpc) is 2.25. The van der Waals surface area contributed by atoms with Crippen molar-refractivity contribution >= 4 is 10.1 Å². The van der Waals surface area contributed by atoms with Crippen LogP contribution in [0.3, 0.4) is 0 Å². The lowest BCUT2D eigenvalue weighted by Gasteiger charge is -2.34. The fourth-order valence-corrected chi connectivity index (χ4v) is 1.24. The molecule has 2 N–H and O–H groups in total. The summed E-state index contributed by atoms with van der Waals surface area (Å²) in [6.07, 6.45) is -7.21. The van der Waals surface area contributed by atoms with E-state index in [-0.39, 0.29) is 0 Å². The number of hydrogen-bond acceptors (Lipinski definition) is 3. The van der Waals surface area contributed by atoms with Crippen molar-refractivity contribution in [1.29, 1.82) is 0 Å². The second-order valence-electron chi connectivity index (χ2n) is 3.60. The molecule has 1 unspecified atom stereocenters. The fourth-order valence-electron chi connectivity index (χ4n) is 0.717. The van der Waals surface area contributed by atoms with E-state index in [2.05, 4.69) is 5.32 Å². The van der Waals surface area contributed by atoms with Gasteiger partial charge >= 0.3 is 34.1 Å².